The molecule has 0 amide bonds. The molecule has 3 rings (SSSR count). The molecule has 0 heterocycles. The van der Waals surface area contributed by atoms with Gasteiger partial charge in [0, 0.05) is 0 Å². The normalized spacial score (nSPS) is 23.1. The summed E-state index contributed by atoms with van der Waals surface area (Å²) < 4.78 is 6.14. The van der Waals surface area contributed by atoms with E-state index in [9.17, 15) is 4.79 Å². The second kappa shape index (κ2) is 9.61. The first-order valence-corrected chi connectivity index (χ1v) is 11.0. The van der Waals surface area contributed by atoms with Crippen LogP contribution in [0.25, 0.3) is 0 Å². The molecule has 0 radical (unpaired) electrons. The van der Waals surface area contributed by atoms with Crippen molar-refractivity contribution in [2.24, 2.45) is 11.3 Å². The van der Waals surface area contributed by atoms with E-state index in [2.05, 4.69) is 19.1 Å². The van der Waals surface area contributed by atoms with E-state index < -0.39 is 5.97 Å². The van der Waals surface area contributed by atoms with Crippen molar-refractivity contribution in [3.8, 4) is 5.75 Å². The summed E-state index contributed by atoms with van der Waals surface area (Å²) in [6, 6.07) is 8.17. The van der Waals surface area contributed by atoms with E-state index in [0.717, 1.165) is 30.8 Å². The van der Waals surface area contributed by atoms with Gasteiger partial charge in [0.15, 0.2) is 0 Å². The van der Waals surface area contributed by atoms with Crippen LogP contribution in [-0.2, 0) is 4.79 Å². The third kappa shape index (κ3) is 5.73. The minimum Gasteiger partial charge on any atom is -0.493 e. The molecule has 2 fully saturated rings. The van der Waals surface area contributed by atoms with Gasteiger partial charge in [-0.1, -0.05) is 51.2 Å². The minimum atomic E-state index is -0.720. The van der Waals surface area contributed by atoms with Gasteiger partial charge in [-0.05, 0) is 73.5 Å². The van der Waals surface area contributed by atoms with Crippen molar-refractivity contribution in [1.82, 2.24) is 0 Å². The number of aliphatic carboxylic acids is 1. The van der Waals surface area contributed by atoms with Gasteiger partial charge in [-0.15, -0.1) is 0 Å². The molecular formula is C24H36O3. The molecule has 3 heteroatoms. The van der Waals surface area contributed by atoms with Crippen molar-refractivity contribution in [3.63, 3.8) is 0 Å². The Bertz CT molecular complexity index is 581. The molecule has 27 heavy (non-hydrogen) atoms. The standard InChI is InChI=1S/C24H36O3/c1-2-7-21(16-23(25)26)20-9-11-22(12-10-20)27-18-19-8-6-15-24(17-19)13-4-3-5-14-24/h9-12,19,21H,2-8,13-18H2,1H3,(H,25,26). The van der Waals surface area contributed by atoms with Crippen LogP contribution in [0.15, 0.2) is 24.3 Å². The van der Waals surface area contributed by atoms with Gasteiger partial charge in [0.1, 0.15) is 5.75 Å². The maximum absolute atomic E-state index is 11.1. The van der Waals surface area contributed by atoms with Crippen LogP contribution >= 0.6 is 0 Å². The van der Waals surface area contributed by atoms with E-state index in [0.29, 0.717) is 11.3 Å². The number of rotatable bonds is 8. The van der Waals surface area contributed by atoms with Crippen LogP contribution in [0.1, 0.15) is 95.5 Å². The van der Waals surface area contributed by atoms with Crippen LogP contribution in [0.3, 0.4) is 0 Å². The van der Waals surface area contributed by atoms with Crippen molar-refractivity contribution in [2.75, 3.05) is 6.61 Å². The van der Waals surface area contributed by atoms with Crippen molar-refractivity contribution < 1.29 is 14.6 Å². The Hall–Kier alpha value is -1.51. The lowest BCUT2D eigenvalue weighted by Crippen LogP contribution is -2.33. The van der Waals surface area contributed by atoms with Crippen molar-refractivity contribution in [2.45, 2.75) is 89.9 Å². The highest BCUT2D eigenvalue weighted by Crippen LogP contribution is 2.49. The average Bonchev–Trinajstić information content (AvgIpc) is 2.67. The fourth-order valence-electron chi connectivity index (χ4n) is 5.48. The van der Waals surface area contributed by atoms with Gasteiger partial charge in [0.25, 0.3) is 0 Å². The highest BCUT2D eigenvalue weighted by molar-refractivity contribution is 5.68. The fraction of sp³-hybridized carbons (Fsp3) is 0.708. The summed E-state index contributed by atoms with van der Waals surface area (Å²) in [5.74, 6) is 0.998. The number of hydrogen-bond donors (Lipinski definition) is 1. The molecule has 150 valence electrons. The highest BCUT2D eigenvalue weighted by atomic mass is 16.5. The number of benzene rings is 1. The number of carbonyl (C=O) groups is 1. The number of carboxylic acid groups (broad SMARTS) is 1. The molecule has 0 bridgehead atoms. The molecule has 3 nitrogen and oxygen atoms in total. The van der Waals surface area contributed by atoms with E-state index in [1.54, 1.807) is 0 Å². The average molecular weight is 373 g/mol. The van der Waals surface area contributed by atoms with Crippen molar-refractivity contribution >= 4 is 5.97 Å². The zero-order valence-corrected chi connectivity index (χ0v) is 16.9. The molecule has 1 spiro atoms. The van der Waals surface area contributed by atoms with Gasteiger partial charge in [-0.2, -0.15) is 0 Å². The quantitative estimate of drug-likeness (QED) is 0.562. The summed E-state index contributed by atoms with van der Waals surface area (Å²) in [5.41, 5.74) is 1.74. The molecular weight excluding hydrogens is 336 g/mol. The molecule has 0 aromatic heterocycles. The third-order valence-electron chi connectivity index (χ3n) is 6.85. The first kappa shape index (κ1) is 20.2. The Morgan fingerprint density at radius 2 is 1.85 bits per heavy atom. The van der Waals surface area contributed by atoms with Gasteiger partial charge in [-0.25, -0.2) is 0 Å². The molecule has 1 aromatic rings. The molecule has 2 unspecified atom stereocenters. The molecule has 2 saturated carbocycles. The van der Waals surface area contributed by atoms with Gasteiger partial charge < -0.3 is 9.84 Å². The zero-order valence-electron chi connectivity index (χ0n) is 16.9. The van der Waals surface area contributed by atoms with Crippen LogP contribution in [-0.4, -0.2) is 17.7 Å². The smallest absolute Gasteiger partial charge is 0.303 e. The Balaban J connectivity index is 1.53. The van der Waals surface area contributed by atoms with Gasteiger partial charge >= 0.3 is 5.97 Å². The van der Waals surface area contributed by atoms with Gasteiger partial charge in [0.2, 0.25) is 0 Å². The Morgan fingerprint density at radius 1 is 1.15 bits per heavy atom. The number of ether oxygens (including phenoxy) is 1. The molecule has 1 N–H and O–H groups in total. The summed E-state index contributed by atoms with van der Waals surface area (Å²) >= 11 is 0. The van der Waals surface area contributed by atoms with Crippen LogP contribution in [0.2, 0.25) is 0 Å². The predicted molar refractivity (Wildman–Crippen MR) is 109 cm³/mol. The van der Waals surface area contributed by atoms with E-state index in [4.69, 9.17) is 9.84 Å². The summed E-state index contributed by atoms with van der Waals surface area (Å²) in [6.45, 7) is 2.93. The summed E-state index contributed by atoms with van der Waals surface area (Å²) in [6.07, 6.45) is 14.7. The Kier molecular flexibility index (Phi) is 7.20. The summed E-state index contributed by atoms with van der Waals surface area (Å²) in [7, 11) is 0. The largest absolute Gasteiger partial charge is 0.493 e. The Morgan fingerprint density at radius 3 is 2.52 bits per heavy atom. The molecule has 0 saturated heterocycles. The number of carboxylic acids is 1. The van der Waals surface area contributed by atoms with E-state index in [1.165, 1.54) is 57.8 Å². The first-order chi connectivity index (χ1) is 13.1. The van der Waals surface area contributed by atoms with Gasteiger partial charge in [-0.3, -0.25) is 4.79 Å². The SMILES string of the molecule is CCCC(CC(=O)O)c1ccc(OCC2CCCC3(CCCCC3)C2)cc1. The summed E-state index contributed by atoms with van der Waals surface area (Å²) in [4.78, 5) is 11.1. The second-order valence-corrected chi connectivity index (χ2v) is 8.99. The molecule has 1 aromatic carbocycles. The Labute approximate surface area is 164 Å². The van der Waals surface area contributed by atoms with E-state index in [-0.39, 0.29) is 12.3 Å². The molecule has 2 aliphatic rings. The van der Waals surface area contributed by atoms with Gasteiger partial charge in [0.05, 0.1) is 13.0 Å². The van der Waals surface area contributed by atoms with Crippen molar-refractivity contribution in [1.29, 1.82) is 0 Å². The summed E-state index contributed by atoms with van der Waals surface area (Å²) in [5, 5.41) is 9.14. The van der Waals surface area contributed by atoms with Crippen LogP contribution < -0.4 is 4.74 Å². The van der Waals surface area contributed by atoms with E-state index >= 15 is 0 Å². The fourth-order valence-corrected chi connectivity index (χ4v) is 5.48. The zero-order chi connectivity index (χ0) is 19.1. The number of hydrogen-bond acceptors (Lipinski definition) is 2. The lowest BCUT2D eigenvalue weighted by atomic mass is 9.63. The second-order valence-electron chi connectivity index (χ2n) is 8.99. The lowest BCUT2D eigenvalue weighted by Gasteiger charge is -2.43. The maximum atomic E-state index is 11.1. The van der Waals surface area contributed by atoms with Crippen LogP contribution in [0.5, 0.6) is 5.75 Å². The third-order valence-corrected chi connectivity index (χ3v) is 6.85. The molecule has 2 aliphatic carbocycles. The molecule has 2 atom stereocenters. The highest BCUT2D eigenvalue weighted by Gasteiger charge is 2.37. The van der Waals surface area contributed by atoms with Crippen LogP contribution in [0, 0.1) is 11.3 Å². The maximum Gasteiger partial charge on any atom is 0.303 e. The van der Waals surface area contributed by atoms with E-state index in [1.807, 2.05) is 12.1 Å². The van der Waals surface area contributed by atoms with Crippen molar-refractivity contribution in [3.05, 3.63) is 29.8 Å². The topological polar surface area (TPSA) is 46.5 Å². The first-order valence-electron chi connectivity index (χ1n) is 11.0. The predicted octanol–water partition coefficient (Wildman–Crippen LogP) is 6.56. The minimum absolute atomic E-state index is 0.103. The monoisotopic (exact) mass is 372 g/mol. The lowest BCUT2D eigenvalue weighted by molar-refractivity contribution is -0.137. The molecule has 0 aliphatic heterocycles. The van der Waals surface area contributed by atoms with Crippen LogP contribution in [0.4, 0.5) is 0 Å².